The standard InChI is InChI=1S/C10H15N3O4/c1-7-6-9(12-17-7)13(8(2)14)5-4-11-10(15)16-3/h6H,4-5H2,1-3H3,(H,11,15). The van der Waals surface area contributed by atoms with Gasteiger partial charge in [0.2, 0.25) is 5.91 Å². The van der Waals surface area contributed by atoms with E-state index in [4.69, 9.17) is 4.52 Å². The topological polar surface area (TPSA) is 84.7 Å². The molecule has 1 aromatic heterocycles. The van der Waals surface area contributed by atoms with Crippen LogP contribution in [0.5, 0.6) is 0 Å². The first kappa shape index (κ1) is 13.0. The first-order valence-electron chi connectivity index (χ1n) is 5.08. The highest BCUT2D eigenvalue weighted by Gasteiger charge is 2.15. The maximum atomic E-state index is 11.4. The quantitative estimate of drug-likeness (QED) is 0.838. The van der Waals surface area contributed by atoms with Gasteiger partial charge in [0.05, 0.1) is 7.11 Å². The third-order valence-electron chi connectivity index (χ3n) is 2.06. The number of carbonyl (C=O) groups excluding carboxylic acids is 2. The van der Waals surface area contributed by atoms with Crippen LogP contribution in [0.2, 0.25) is 0 Å². The molecule has 17 heavy (non-hydrogen) atoms. The second kappa shape index (κ2) is 5.88. The molecule has 1 heterocycles. The average Bonchev–Trinajstić information content (AvgIpc) is 2.70. The zero-order chi connectivity index (χ0) is 12.8. The summed E-state index contributed by atoms with van der Waals surface area (Å²) in [7, 11) is 1.28. The summed E-state index contributed by atoms with van der Waals surface area (Å²) in [6.45, 7) is 3.73. The van der Waals surface area contributed by atoms with Crippen LogP contribution in [0.3, 0.4) is 0 Å². The number of aryl methyl sites for hydroxylation is 1. The predicted molar refractivity (Wildman–Crippen MR) is 59.7 cm³/mol. The normalized spacial score (nSPS) is 9.82. The molecule has 0 saturated carbocycles. The molecule has 0 aliphatic rings. The average molecular weight is 241 g/mol. The van der Waals surface area contributed by atoms with E-state index in [-0.39, 0.29) is 12.5 Å². The van der Waals surface area contributed by atoms with Gasteiger partial charge in [0.25, 0.3) is 0 Å². The van der Waals surface area contributed by atoms with Gasteiger partial charge >= 0.3 is 6.09 Å². The molecule has 7 nitrogen and oxygen atoms in total. The molecule has 0 spiro atoms. The Morgan fingerprint density at radius 1 is 1.59 bits per heavy atom. The van der Waals surface area contributed by atoms with E-state index < -0.39 is 6.09 Å². The largest absolute Gasteiger partial charge is 0.453 e. The van der Waals surface area contributed by atoms with E-state index in [1.54, 1.807) is 13.0 Å². The maximum Gasteiger partial charge on any atom is 0.406 e. The van der Waals surface area contributed by atoms with Crippen molar-refractivity contribution in [3.8, 4) is 0 Å². The van der Waals surface area contributed by atoms with Crippen LogP contribution < -0.4 is 10.2 Å². The van der Waals surface area contributed by atoms with Crippen molar-refractivity contribution in [1.82, 2.24) is 10.5 Å². The minimum Gasteiger partial charge on any atom is -0.453 e. The Bertz CT molecular complexity index is 402. The molecule has 94 valence electrons. The molecule has 0 aliphatic carbocycles. The van der Waals surface area contributed by atoms with Crippen molar-refractivity contribution < 1.29 is 18.8 Å². The van der Waals surface area contributed by atoms with Gasteiger partial charge in [-0.3, -0.25) is 9.69 Å². The lowest BCUT2D eigenvalue weighted by atomic mass is 10.4. The van der Waals surface area contributed by atoms with Gasteiger partial charge in [0.1, 0.15) is 5.76 Å². The smallest absolute Gasteiger partial charge is 0.406 e. The van der Waals surface area contributed by atoms with E-state index in [1.807, 2.05) is 0 Å². The molecule has 0 aromatic carbocycles. The van der Waals surface area contributed by atoms with Crippen molar-refractivity contribution in [1.29, 1.82) is 0 Å². The number of anilines is 1. The van der Waals surface area contributed by atoms with Gasteiger partial charge in [-0.2, -0.15) is 0 Å². The summed E-state index contributed by atoms with van der Waals surface area (Å²) in [4.78, 5) is 23.6. The minimum absolute atomic E-state index is 0.176. The van der Waals surface area contributed by atoms with E-state index in [9.17, 15) is 9.59 Å². The van der Waals surface area contributed by atoms with Crippen LogP contribution in [0.1, 0.15) is 12.7 Å². The summed E-state index contributed by atoms with van der Waals surface area (Å²) < 4.78 is 9.30. The molecule has 0 bridgehead atoms. The molecule has 0 atom stereocenters. The number of ether oxygens (including phenoxy) is 1. The van der Waals surface area contributed by atoms with Crippen LogP contribution in [0, 0.1) is 6.92 Å². The van der Waals surface area contributed by atoms with Gasteiger partial charge in [-0.15, -0.1) is 0 Å². The third-order valence-corrected chi connectivity index (χ3v) is 2.06. The van der Waals surface area contributed by atoms with Crippen LogP contribution >= 0.6 is 0 Å². The summed E-state index contributed by atoms with van der Waals surface area (Å²) in [5.41, 5.74) is 0. The number of aromatic nitrogens is 1. The van der Waals surface area contributed by atoms with E-state index in [1.165, 1.54) is 18.9 Å². The maximum absolute atomic E-state index is 11.4. The fraction of sp³-hybridized carbons (Fsp3) is 0.500. The van der Waals surface area contributed by atoms with E-state index >= 15 is 0 Å². The lowest BCUT2D eigenvalue weighted by Gasteiger charge is -2.17. The second-order valence-electron chi connectivity index (χ2n) is 3.38. The number of hydrogen-bond acceptors (Lipinski definition) is 5. The van der Waals surface area contributed by atoms with Crippen LogP contribution in [0.15, 0.2) is 10.6 Å². The summed E-state index contributed by atoms with van der Waals surface area (Å²) in [6.07, 6.45) is -0.537. The monoisotopic (exact) mass is 241 g/mol. The second-order valence-corrected chi connectivity index (χ2v) is 3.38. The molecule has 1 N–H and O–H groups in total. The SMILES string of the molecule is COC(=O)NCCN(C(C)=O)c1cc(C)on1. The van der Waals surface area contributed by atoms with Crippen LogP contribution in [-0.2, 0) is 9.53 Å². The number of hydrogen-bond donors (Lipinski definition) is 1. The molecule has 1 rings (SSSR count). The highest BCUT2D eigenvalue weighted by molar-refractivity contribution is 5.90. The number of carbonyl (C=O) groups is 2. The fourth-order valence-electron chi connectivity index (χ4n) is 1.26. The number of amides is 2. The van der Waals surface area contributed by atoms with Gasteiger partial charge in [-0.25, -0.2) is 4.79 Å². The Hall–Kier alpha value is -2.05. The Labute approximate surface area is 98.7 Å². The van der Waals surface area contributed by atoms with Gasteiger partial charge in [-0.05, 0) is 6.92 Å². The molecule has 7 heteroatoms. The Kier molecular flexibility index (Phi) is 4.50. The molecule has 0 aliphatic heterocycles. The first-order chi connectivity index (χ1) is 8.04. The van der Waals surface area contributed by atoms with Crippen molar-refractivity contribution in [3.05, 3.63) is 11.8 Å². The number of nitrogens with zero attached hydrogens (tertiary/aromatic N) is 2. The van der Waals surface area contributed by atoms with E-state index in [0.29, 0.717) is 18.1 Å². The summed E-state index contributed by atoms with van der Waals surface area (Å²) in [6, 6.07) is 1.65. The highest BCUT2D eigenvalue weighted by atomic mass is 16.5. The van der Waals surface area contributed by atoms with Crippen molar-refractivity contribution in [2.24, 2.45) is 0 Å². The zero-order valence-corrected chi connectivity index (χ0v) is 10.0. The molecular formula is C10H15N3O4. The Morgan fingerprint density at radius 3 is 2.76 bits per heavy atom. The lowest BCUT2D eigenvalue weighted by molar-refractivity contribution is -0.116. The van der Waals surface area contributed by atoms with E-state index in [0.717, 1.165) is 0 Å². The number of nitrogens with one attached hydrogen (secondary N) is 1. The van der Waals surface area contributed by atoms with E-state index in [2.05, 4.69) is 15.2 Å². The summed E-state index contributed by atoms with van der Waals surface area (Å²) in [5.74, 6) is 0.874. The summed E-state index contributed by atoms with van der Waals surface area (Å²) >= 11 is 0. The van der Waals surface area contributed by atoms with Crippen molar-refractivity contribution in [3.63, 3.8) is 0 Å². The number of methoxy groups -OCH3 is 1. The number of rotatable bonds is 4. The Morgan fingerprint density at radius 2 is 2.29 bits per heavy atom. The number of alkyl carbamates (subject to hydrolysis) is 1. The zero-order valence-electron chi connectivity index (χ0n) is 10.0. The molecular weight excluding hydrogens is 226 g/mol. The first-order valence-corrected chi connectivity index (χ1v) is 5.08. The lowest BCUT2D eigenvalue weighted by Crippen LogP contribution is -2.37. The summed E-state index contributed by atoms with van der Waals surface area (Å²) in [5, 5.41) is 6.22. The molecule has 1 aromatic rings. The van der Waals surface area contributed by atoms with Crippen molar-refractivity contribution >= 4 is 17.8 Å². The fourth-order valence-corrected chi connectivity index (χ4v) is 1.26. The third kappa shape index (κ3) is 3.78. The van der Waals surface area contributed by atoms with Gasteiger partial charge < -0.3 is 14.6 Å². The highest BCUT2D eigenvalue weighted by Crippen LogP contribution is 2.13. The molecule has 0 unspecified atom stereocenters. The molecule has 0 radical (unpaired) electrons. The van der Waals surface area contributed by atoms with Crippen LogP contribution in [0.4, 0.5) is 10.6 Å². The van der Waals surface area contributed by atoms with Crippen molar-refractivity contribution in [2.45, 2.75) is 13.8 Å². The minimum atomic E-state index is -0.537. The van der Waals surface area contributed by atoms with Gasteiger partial charge in [0, 0.05) is 26.1 Å². The van der Waals surface area contributed by atoms with Crippen LogP contribution in [-0.4, -0.2) is 37.4 Å². The molecule has 0 saturated heterocycles. The van der Waals surface area contributed by atoms with Crippen molar-refractivity contribution in [2.75, 3.05) is 25.1 Å². The van der Waals surface area contributed by atoms with Gasteiger partial charge in [0.15, 0.2) is 5.82 Å². The van der Waals surface area contributed by atoms with Crippen LogP contribution in [0.25, 0.3) is 0 Å². The Balaban J connectivity index is 2.56. The molecule has 0 fully saturated rings. The molecule has 2 amide bonds. The predicted octanol–water partition coefficient (Wildman–Crippen LogP) is 0.692. The van der Waals surface area contributed by atoms with Gasteiger partial charge in [-0.1, -0.05) is 5.16 Å².